The summed E-state index contributed by atoms with van der Waals surface area (Å²) in [6.07, 6.45) is -8.10. The molecule has 0 aromatic carbocycles. The van der Waals surface area contributed by atoms with Crippen molar-refractivity contribution in [3.8, 4) is 5.75 Å². The predicted molar refractivity (Wildman–Crippen MR) is 144 cm³/mol. The van der Waals surface area contributed by atoms with Gasteiger partial charge in [0.1, 0.15) is 42.2 Å². The third-order valence-corrected chi connectivity index (χ3v) is 7.01. The highest BCUT2D eigenvalue weighted by molar-refractivity contribution is 5.92. The molecule has 0 saturated carbocycles. The molecule has 0 spiro atoms. The van der Waals surface area contributed by atoms with Crippen LogP contribution in [0.3, 0.4) is 0 Å². The molecule has 9 atom stereocenters. The number of pyridine rings is 1. The molecule has 1 fully saturated rings. The van der Waals surface area contributed by atoms with Crippen LogP contribution in [-0.2, 0) is 23.9 Å². The smallest absolute Gasteiger partial charge is 0.330 e. The second-order valence-corrected chi connectivity index (χ2v) is 10.1. The highest BCUT2D eigenvalue weighted by Crippen LogP contribution is 2.31. The zero-order chi connectivity index (χ0) is 32.9. The highest BCUT2D eigenvalue weighted by Gasteiger charge is 2.50. The topological polar surface area (TPSA) is 317 Å². The van der Waals surface area contributed by atoms with Crippen molar-refractivity contribution in [2.45, 2.75) is 68.5 Å². The normalized spacial score (nSPS) is 23.1. The number of aliphatic hydroxyl groups is 3. The number of nitrogens with zero attached hydrogens (tertiary/aromatic N) is 2. The predicted octanol–water partition coefficient (Wildman–Crippen LogP) is -4.13. The number of nitrogens with one attached hydrogen (secondary N) is 3. The highest BCUT2D eigenvalue weighted by atomic mass is 16.6. The Hall–Kier alpha value is -4.69. The maximum absolute atomic E-state index is 13.4. The summed E-state index contributed by atoms with van der Waals surface area (Å²) >= 11 is 0. The fourth-order valence-corrected chi connectivity index (χ4v) is 4.43. The van der Waals surface area contributed by atoms with E-state index in [9.17, 15) is 54.3 Å². The number of amides is 2. The monoisotopic (exact) mass is 624 g/mol. The van der Waals surface area contributed by atoms with Gasteiger partial charge in [0.25, 0.3) is 5.56 Å². The molecule has 44 heavy (non-hydrogen) atoms. The van der Waals surface area contributed by atoms with E-state index >= 15 is 0 Å². The van der Waals surface area contributed by atoms with Gasteiger partial charge in [-0.05, 0) is 18.6 Å². The van der Waals surface area contributed by atoms with Crippen molar-refractivity contribution < 1.29 is 54.6 Å². The first-order valence-electron chi connectivity index (χ1n) is 13.1. The number of carboxylic acids is 2. The van der Waals surface area contributed by atoms with E-state index in [4.69, 9.17) is 15.6 Å². The molecule has 1 aliphatic rings. The van der Waals surface area contributed by atoms with Crippen LogP contribution in [0.4, 0.5) is 0 Å². The maximum atomic E-state index is 13.4. The van der Waals surface area contributed by atoms with Crippen molar-refractivity contribution in [1.82, 2.24) is 25.2 Å². The standard InChI is InChI=1S/C25H32N6O13/c1-9(17(36)11-3-2-10(32)8-27-11)15(26)21(39)30-16(22(40)28-12(24(41)42)4-5-14(34)35)20-18(37)19(38)23(44-20)31-7-6-13(33)29-25(31)43/h2-3,6-9,12,15-20,23,32,36-38H,4-5,26H2,1H3,(H,28,40)(H,30,39)(H,34,35)(H,41,42)(H,29,33,43). The maximum Gasteiger partial charge on any atom is 0.330 e. The average Bonchev–Trinajstić information content (AvgIpc) is 3.25. The van der Waals surface area contributed by atoms with Crippen LogP contribution in [0, 0.1) is 5.92 Å². The van der Waals surface area contributed by atoms with Crippen molar-refractivity contribution >= 4 is 23.8 Å². The van der Waals surface area contributed by atoms with E-state index in [2.05, 4.69) is 15.6 Å². The second-order valence-electron chi connectivity index (χ2n) is 10.1. The molecule has 2 aromatic rings. The number of carbonyl (C=O) groups is 4. The lowest BCUT2D eigenvalue weighted by molar-refractivity contribution is -0.145. The number of aromatic hydroxyl groups is 1. The molecule has 19 nitrogen and oxygen atoms in total. The van der Waals surface area contributed by atoms with E-state index in [-0.39, 0.29) is 11.4 Å². The van der Waals surface area contributed by atoms with Gasteiger partial charge in [-0.1, -0.05) is 6.92 Å². The van der Waals surface area contributed by atoms with E-state index in [1.54, 1.807) is 0 Å². The van der Waals surface area contributed by atoms with Crippen molar-refractivity contribution in [2.75, 3.05) is 0 Å². The molecule has 240 valence electrons. The summed E-state index contributed by atoms with van der Waals surface area (Å²) in [4.78, 5) is 78.8. The summed E-state index contributed by atoms with van der Waals surface area (Å²) in [6, 6.07) is -1.90. The fourth-order valence-electron chi connectivity index (χ4n) is 4.43. The first kappa shape index (κ1) is 33.8. The molecule has 9 unspecified atom stereocenters. The Kier molecular flexibility index (Phi) is 10.9. The van der Waals surface area contributed by atoms with Crippen LogP contribution in [0.1, 0.15) is 37.8 Å². The molecule has 0 radical (unpaired) electrons. The van der Waals surface area contributed by atoms with Crippen LogP contribution < -0.4 is 27.6 Å². The van der Waals surface area contributed by atoms with Crippen LogP contribution in [0.5, 0.6) is 5.75 Å². The number of aromatic amines is 1. The number of nitrogens with two attached hydrogens (primary N) is 1. The summed E-state index contributed by atoms with van der Waals surface area (Å²) < 4.78 is 6.29. The number of aromatic nitrogens is 3. The molecule has 0 bridgehead atoms. The zero-order valence-electron chi connectivity index (χ0n) is 23.0. The third-order valence-electron chi connectivity index (χ3n) is 7.01. The lowest BCUT2D eigenvalue weighted by Crippen LogP contribution is -2.61. The number of H-pyrrole nitrogens is 1. The van der Waals surface area contributed by atoms with Crippen molar-refractivity contribution in [2.24, 2.45) is 11.7 Å². The van der Waals surface area contributed by atoms with Gasteiger partial charge in [0.15, 0.2) is 6.23 Å². The fraction of sp³-hybridized carbons (Fsp3) is 0.480. The first-order valence-corrected chi connectivity index (χ1v) is 13.1. The van der Waals surface area contributed by atoms with Gasteiger partial charge in [0.05, 0.1) is 17.9 Å². The van der Waals surface area contributed by atoms with E-state index < -0.39 is 103 Å². The van der Waals surface area contributed by atoms with Crippen LogP contribution in [-0.4, -0.2) is 105 Å². The Morgan fingerprint density at radius 3 is 2.34 bits per heavy atom. The number of carboxylic acid groups (broad SMARTS) is 2. The van der Waals surface area contributed by atoms with Crippen LogP contribution in [0.2, 0.25) is 0 Å². The summed E-state index contributed by atoms with van der Waals surface area (Å²) in [7, 11) is 0. The van der Waals surface area contributed by atoms with Gasteiger partial charge >= 0.3 is 17.6 Å². The Labute approximate surface area is 246 Å². The largest absolute Gasteiger partial charge is 0.506 e. The van der Waals surface area contributed by atoms with Gasteiger partial charge in [-0.3, -0.25) is 33.7 Å². The number of rotatable bonds is 13. The lowest BCUT2D eigenvalue weighted by atomic mass is 9.92. The Morgan fingerprint density at radius 1 is 1.09 bits per heavy atom. The van der Waals surface area contributed by atoms with Crippen LogP contribution in [0.15, 0.2) is 40.2 Å². The number of hydrogen-bond donors (Lipinski definition) is 10. The van der Waals surface area contributed by atoms with Gasteiger partial charge in [0.2, 0.25) is 11.8 Å². The molecule has 1 aliphatic heterocycles. The number of hydrogen-bond acceptors (Lipinski definition) is 13. The molecule has 3 heterocycles. The lowest BCUT2D eigenvalue weighted by Gasteiger charge is -2.30. The van der Waals surface area contributed by atoms with Gasteiger partial charge in [-0.2, -0.15) is 0 Å². The minimum Gasteiger partial charge on any atom is -0.506 e. The number of aliphatic carboxylic acids is 2. The Bertz CT molecular complexity index is 1480. The summed E-state index contributed by atoms with van der Waals surface area (Å²) in [5.74, 6) is -6.64. The van der Waals surface area contributed by atoms with E-state index in [1.807, 2.05) is 4.98 Å². The molecule has 2 aromatic heterocycles. The Balaban J connectivity index is 1.91. The van der Waals surface area contributed by atoms with Gasteiger partial charge in [-0.15, -0.1) is 0 Å². The average molecular weight is 625 g/mol. The number of ether oxygens (including phenoxy) is 1. The van der Waals surface area contributed by atoms with E-state index in [0.717, 1.165) is 18.5 Å². The molecule has 3 rings (SSSR count). The first-order chi connectivity index (χ1) is 20.6. The minimum atomic E-state index is -2.00. The van der Waals surface area contributed by atoms with Crippen molar-refractivity contribution in [3.05, 3.63) is 57.1 Å². The number of carbonyl (C=O) groups excluding carboxylic acids is 2. The van der Waals surface area contributed by atoms with Crippen molar-refractivity contribution in [1.29, 1.82) is 0 Å². The summed E-state index contributed by atoms with van der Waals surface area (Å²) in [6.45, 7) is 1.37. The van der Waals surface area contributed by atoms with Crippen LogP contribution in [0.25, 0.3) is 0 Å². The quantitative estimate of drug-likeness (QED) is 0.101. The van der Waals surface area contributed by atoms with Gasteiger partial charge in [-0.25, -0.2) is 9.59 Å². The zero-order valence-corrected chi connectivity index (χ0v) is 23.0. The third kappa shape index (κ3) is 7.82. The van der Waals surface area contributed by atoms with E-state index in [0.29, 0.717) is 4.57 Å². The molecule has 0 aliphatic carbocycles. The van der Waals surface area contributed by atoms with Gasteiger partial charge in [0, 0.05) is 24.6 Å². The van der Waals surface area contributed by atoms with Gasteiger partial charge < -0.3 is 51.7 Å². The molecule has 1 saturated heterocycles. The van der Waals surface area contributed by atoms with Crippen molar-refractivity contribution in [3.63, 3.8) is 0 Å². The Morgan fingerprint density at radius 2 is 1.77 bits per heavy atom. The summed E-state index contributed by atoms with van der Waals surface area (Å²) in [5.41, 5.74) is 4.26. The molecular formula is C25H32N6O13. The second kappa shape index (κ2) is 14.2. The van der Waals surface area contributed by atoms with E-state index in [1.165, 1.54) is 19.1 Å². The number of aliphatic hydroxyl groups excluding tert-OH is 3. The molecule has 11 N–H and O–H groups in total. The minimum absolute atomic E-state index is 0.0439. The molecular weight excluding hydrogens is 592 g/mol. The molecule has 19 heteroatoms. The van der Waals surface area contributed by atoms with Crippen LogP contribution >= 0.6 is 0 Å². The summed E-state index contributed by atoms with van der Waals surface area (Å²) in [5, 5.41) is 64.3. The SMILES string of the molecule is CC(C(N)C(=O)NC(C(=O)NC(CCC(=O)O)C(=O)O)C1OC(n2ccc(=O)[nH]c2=O)C(O)C1O)C(O)c1ccc(O)cn1. The molecule has 2 amide bonds.